The van der Waals surface area contributed by atoms with Crippen LogP contribution in [0.4, 0.5) is 0 Å². The minimum absolute atomic E-state index is 0.951. The second-order valence-corrected chi connectivity index (χ2v) is 4.51. The predicted octanol–water partition coefficient (Wildman–Crippen LogP) is 3.20. The Hall–Kier alpha value is -1.28. The average molecular weight is 216 g/mol. The molecular formula is C14H20N2. The van der Waals surface area contributed by atoms with E-state index < -0.39 is 0 Å². The van der Waals surface area contributed by atoms with Gasteiger partial charge < -0.3 is 10.3 Å². The molecule has 1 aromatic carbocycles. The van der Waals surface area contributed by atoms with Crippen molar-refractivity contribution < 1.29 is 0 Å². The molecule has 0 radical (unpaired) electrons. The van der Waals surface area contributed by atoms with Gasteiger partial charge in [-0.05, 0) is 50.1 Å². The van der Waals surface area contributed by atoms with Crippen LogP contribution in [0.25, 0.3) is 10.9 Å². The van der Waals surface area contributed by atoms with Crippen LogP contribution in [0.3, 0.4) is 0 Å². The zero-order valence-corrected chi connectivity index (χ0v) is 10.6. The highest BCUT2D eigenvalue weighted by Gasteiger charge is 2.10. The maximum absolute atomic E-state index is 3.48. The van der Waals surface area contributed by atoms with Crippen LogP contribution in [0.2, 0.25) is 0 Å². The van der Waals surface area contributed by atoms with Crippen LogP contribution in [0.1, 0.15) is 29.3 Å². The number of aromatic nitrogens is 1. The molecule has 2 rings (SSSR count). The number of fused-ring (bicyclic) bond motifs is 1. The fraction of sp³-hybridized carbons (Fsp3) is 0.429. The van der Waals surface area contributed by atoms with Gasteiger partial charge in [0.05, 0.1) is 0 Å². The van der Waals surface area contributed by atoms with Crippen molar-refractivity contribution in [3.63, 3.8) is 0 Å². The van der Waals surface area contributed by atoms with Crippen LogP contribution < -0.4 is 5.32 Å². The molecule has 0 saturated heterocycles. The minimum atomic E-state index is 0.951. The van der Waals surface area contributed by atoms with E-state index in [1.54, 1.807) is 0 Å². The monoisotopic (exact) mass is 216 g/mol. The van der Waals surface area contributed by atoms with E-state index in [-0.39, 0.29) is 0 Å². The summed E-state index contributed by atoms with van der Waals surface area (Å²) >= 11 is 0. The van der Waals surface area contributed by atoms with Crippen LogP contribution in [-0.4, -0.2) is 11.5 Å². The van der Waals surface area contributed by atoms with Crippen LogP contribution >= 0.6 is 0 Å². The molecular weight excluding hydrogens is 196 g/mol. The number of nitrogens with one attached hydrogen (secondary N) is 2. The Morgan fingerprint density at radius 2 is 1.94 bits per heavy atom. The van der Waals surface area contributed by atoms with Crippen molar-refractivity contribution >= 4 is 10.9 Å². The van der Waals surface area contributed by atoms with Gasteiger partial charge in [-0.3, -0.25) is 0 Å². The first-order chi connectivity index (χ1) is 7.63. The lowest BCUT2D eigenvalue weighted by molar-refractivity contribution is 0.726. The third-order valence-electron chi connectivity index (χ3n) is 3.11. The molecule has 2 N–H and O–H groups in total. The predicted molar refractivity (Wildman–Crippen MR) is 69.9 cm³/mol. The van der Waals surface area contributed by atoms with E-state index in [0.717, 1.165) is 13.1 Å². The van der Waals surface area contributed by atoms with Gasteiger partial charge in [0.2, 0.25) is 0 Å². The van der Waals surface area contributed by atoms with Crippen molar-refractivity contribution in [2.45, 2.75) is 34.2 Å². The summed E-state index contributed by atoms with van der Waals surface area (Å²) in [5.41, 5.74) is 6.65. The highest BCUT2D eigenvalue weighted by molar-refractivity contribution is 5.88. The lowest BCUT2D eigenvalue weighted by Gasteiger charge is -2.05. The van der Waals surface area contributed by atoms with Crippen LogP contribution in [-0.2, 0) is 6.54 Å². The lowest BCUT2D eigenvalue weighted by Crippen LogP contribution is -2.12. The zero-order chi connectivity index (χ0) is 11.7. The van der Waals surface area contributed by atoms with Crippen molar-refractivity contribution in [2.24, 2.45) is 0 Å². The first-order valence-corrected chi connectivity index (χ1v) is 5.92. The van der Waals surface area contributed by atoms with Crippen molar-refractivity contribution in [2.75, 3.05) is 6.54 Å². The molecule has 0 spiro atoms. The maximum atomic E-state index is 3.48. The normalized spacial score (nSPS) is 11.2. The maximum Gasteiger partial charge on any atom is 0.0464 e. The highest BCUT2D eigenvalue weighted by Crippen LogP contribution is 2.26. The molecule has 0 saturated carbocycles. The highest BCUT2D eigenvalue weighted by atomic mass is 14.9. The number of benzene rings is 1. The second kappa shape index (κ2) is 4.30. The second-order valence-electron chi connectivity index (χ2n) is 4.51. The van der Waals surface area contributed by atoms with Gasteiger partial charge in [0.1, 0.15) is 0 Å². The van der Waals surface area contributed by atoms with E-state index in [4.69, 9.17) is 0 Å². The molecule has 0 amide bonds. The summed E-state index contributed by atoms with van der Waals surface area (Å²) in [6, 6.07) is 4.48. The summed E-state index contributed by atoms with van der Waals surface area (Å²) in [4.78, 5) is 3.48. The molecule has 1 heterocycles. The summed E-state index contributed by atoms with van der Waals surface area (Å²) in [6.07, 6.45) is 0. The van der Waals surface area contributed by atoms with E-state index in [2.05, 4.69) is 50.1 Å². The first-order valence-electron chi connectivity index (χ1n) is 5.92. The van der Waals surface area contributed by atoms with E-state index in [1.165, 1.54) is 33.3 Å². The zero-order valence-electron chi connectivity index (χ0n) is 10.6. The summed E-state index contributed by atoms with van der Waals surface area (Å²) in [5, 5.41) is 4.80. The summed E-state index contributed by atoms with van der Waals surface area (Å²) in [5.74, 6) is 0. The summed E-state index contributed by atoms with van der Waals surface area (Å²) in [7, 11) is 0. The third kappa shape index (κ3) is 1.85. The number of rotatable bonds is 3. The summed E-state index contributed by atoms with van der Waals surface area (Å²) < 4.78 is 0. The molecule has 0 fully saturated rings. The molecule has 2 aromatic rings. The van der Waals surface area contributed by atoms with E-state index in [0.29, 0.717) is 0 Å². The molecule has 2 nitrogen and oxygen atoms in total. The Morgan fingerprint density at radius 3 is 2.62 bits per heavy atom. The number of aryl methyl sites for hydroxylation is 3. The Kier molecular flexibility index (Phi) is 3.01. The van der Waals surface area contributed by atoms with Gasteiger partial charge in [-0.2, -0.15) is 0 Å². The Bertz CT molecular complexity index is 509. The molecule has 1 aromatic heterocycles. The Morgan fingerprint density at radius 1 is 1.19 bits per heavy atom. The van der Waals surface area contributed by atoms with E-state index in [1.807, 2.05) is 0 Å². The summed E-state index contributed by atoms with van der Waals surface area (Å²) in [6.45, 7) is 10.6. The van der Waals surface area contributed by atoms with Gasteiger partial charge in [0, 0.05) is 23.1 Å². The van der Waals surface area contributed by atoms with Crippen LogP contribution in [0, 0.1) is 20.8 Å². The van der Waals surface area contributed by atoms with E-state index >= 15 is 0 Å². The minimum Gasteiger partial charge on any atom is -0.358 e. The molecule has 0 aliphatic heterocycles. The SMILES string of the molecule is CCNCc1c(C)[nH]c2cc(C)cc(C)c12. The quantitative estimate of drug-likeness (QED) is 0.810. The number of hydrogen-bond donors (Lipinski definition) is 2. The van der Waals surface area contributed by atoms with Crippen molar-refractivity contribution in [3.05, 3.63) is 34.5 Å². The van der Waals surface area contributed by atoms with Crippen molar-refractivity contribution in [1.82, 2.24) is 10.3 Å². The average Bonchev–Trinajstić information content (AvgIpc) is 2.51. The fourth-order valence-corrected chi connectivity index (χ4v) is 2.40. The standard InChI is InChI=1S/C14H20N2/c1-5-15-8-12-11(4)16-13-7-9(2)6-10(3)14(12)13/h6-7,15-16H,5,8H2,1-4H3. The van der Waals surface area contributed by atoms with Crippen molar-refractivity contribution in [3.8, 4) is 0 Å². The first kappa shape index (κ1) is 11.2. The topological polar surface area (TPSA) is 27.8 Å². The number of H-pyrrole nitrogens is 1. The van der Waals surface area contributed by atoms with Crippen molar-refractivity contribution in [1.29, 1.82) is 0 Å². The Labute approximate surface area is 97.1 Å². The number of hydrogen-bond acceptors (Lipinski definition) is 1. The van der Waals surface area contributed by atoms with Gasteiger partial charge >= 0.3 is 0 Å². The Balaban J connectivity index is 2.59. The molecule has 0 bridgehead atoms. The molecule has 0 unspecified atom stereocenters. The molecule has 0 atom stereocenters. The molecule has 2 heteroatoms. The fourth-order valence-electron chi connectivity index (χ4n) is 2.40. The molecule has 0 aliphatic rings. The van der Waals surface area contributed by atoms with Gasteiger partial charge in [0.15, 0.2) is 0 Å². The number of aromatic amines is 1. The largest absolute Gasteiger partial charge is 0.358 e. The van der Waals surface area contributed by atoms with Crippen LogP contribution in [0.5, 0.6) is 0 Å². The molecule has 86 valence electrons. The smallest absolute Gasteiger partial charge is 0.0464 e. The third-order valence-corrected chi connectivity index (χ3v) is 3.11. The van der Waals surface area contributed by atoms with Gasteiger partial charge in [-0.15, -0.1) is 0 Å². The molecule has 0 aliphatic carbocycles. The van der Waals surface area contributed by atoms with E-state index in [9.17, 15) is 0 Å². The van der Waals surface area contributed by atoms with Crippen LogP contribution in [0.15, 0.2) is 12.1 Å². The lowest BCUT2D eigenvalue weighted by atomic mass is 10.0. The molecule has 16 heavy (non-hydrogen) atoms. The van der Waals surface area contributed by atoms with Gasteiger partial charge in [-0.25, -0.2) is 0 Å². The van der Waals surface area contributed by atoms with Gasteiger partial charge in [-0.1, -0.05) is 13.0 Å². The van der Waals surface area contributed by atoms with Gasteiger partial charge in [0.25, 0.3) is 0 Å².